The van der Waals surface area contributed by atoms with Crippen molar-refractivity contribution in [3.8, 4) is 0 Å². The number of methoxy groups -OCH3 is 1. The Balaban J connectivity index is 1.93. The Morgan fingerprint density at radius 2 is 1.81 bits per heavy atom. The van der Waals surface area contributed by atoms with Crippen LogP contribution in [-0.2, 0) is 9.53 Å². The third-order valence-electron chi connectivity index (χ3n) is 6.22. The number of hydrogen-bond acceptors (Lipinski definition) is 4. The van der Waals surface area contributed by atoms with Crippen LogP contribution in [0.15, 0.2) is 41.3 Å². The molecule has 0 spiro atoms. The minimum atomic E-state index is -0.480. The largest absolute Gasteiger partial charge is 0.465 e. The number of rotatable bonds is 5. The fourth-order valence-corrected chi connectivity index (χ4v) is 4.63. The minimum absolute atomic E-state index is 0.00851. The Morgan fingerprint density at radius 1 is 1.10 bits per heavy atom. The molecule has 0 saturated heterocycles. The van der Waals surface area contributed by atoms with Crippen LogP contribution in [0.4, 0.5) is 5.69 Å². The Bertz CT molecular complexity index is 1150. The van der Waals surface area contributed by atoms with Crippen LogP contribution < -0.4 is 4.90 Å². The zero-order valence-corrected chi connectivity index (χ0v) is 18.4. The molecule has 1 aromatic heterocycles. The van der Waals surface area contributed by atoms with Crippen LogP contribution in [0.3, 0.4) is 0 Å². The first-order chi connectivity index (χ1) is 14.9. The summed E-state index contributed by atoms with van der Waals surface area (Å²) < 4.78 is 11.1. The number of carbonyl (C=O) groups excluding carboxylic acids is 2. The van der Waals surface area contributed by atoms with Gasteiger partial charge in [-0.15, -0.1) is 0 Å². The molecule has 1 saturated carbocycles. The Kier molecular flexibility index (Phi) is 5.86. The molecule has 1 heterocycles. The average molecular weight is 420 g/mol. The van der Waals surface area contributed by atoms with E-state index in [0.717, 1.165) is 47.6 Å². The third kappa shape index (κ3) is 3.85. The van der Waals surface area contributed by atoms with Gasteiger partial charge in [0.1, 0.15) is 11.2 Å². The van der Waals surface area contributed by atoms with Crippen molar-refractivity contribution in [2.45, 2.75) is 52.0 Å². The van der Waals surface area contributed by atoms with Gasteiger partial charge in [-0.05, 0) is 56.5 Å². The van der Waals surface area contributed by atoms with Crippen molar-refractivity contribution in [2.24, 2.45) is 5.92 Å². The predicted molar refractivity (Wildman–Crippen MR) is 124 cm³/mol. The molecule has 162 valence electrons. The van der Waals surface area contributed by atoms with E-state index in [0.29, 0.717) is 16.8 Å². The molecule has 0 radical (unpaired) electrons. The molecule has 0 N–H and O–H groups in total. The van der Waals surface area contributed by atoms with Gasteiger partial charge in [0.05, 0.1) is 18.4 Å². The van der Waals surface area contributed by atoms with Gasteiger partial charge in [0.2, 0.25) is 5.91 Å². The second-order valence-corrected chi connectivity index (χ2v) is 8.56. The highest BCUT2D eigenvalue weighted by atomic mass is 16.5. The van der Waals surface area contributed by atoms with Gasteiger partial charge in [-0.2, -0.15) is 0 Å². The number of nitrogens with zero attached hydrogens (tertiary/aromatic N) is 1. The summed E-state index contributed by atoms with van der Waals surface area (Å²) in [6.45, 7) is 7.81. The lowest BCUT2D eigenvalue weighted by Crippen LogP contribution is -2.42. The fourth-order valence-electron chi connectivity index (χ4n) is 4.63. The van der Waals surface area contributed by atoms with Crippen molar-refractivity contribution in [2.75, 3.05) is 12.0 Å². The summed E-state index contributed by atoms with van der Waals surface area (Å²) >= 11 is 0. The molecule has 5 heteroatoms. The van der Waals surface area contributed by atoms with Crippen LogP contribution in [0.5, 0.6) is 0 Å². The highest BCUT2D eigenvalue weighted by Crippen LogP contribution is 2.37. The third-order valence-corrected chi connectivity index (χ3v) is 6.22. The molecule has 1 fully saturated rings. The summed E-state index contributed by atoms with van der Waals surface area (Å²) in [6, 6.07) is 9.36. The van der Waals surface area contributed by atoms with Gasteiger partial charge in [0.15, 0.2) is 0 Å². The molecular weight excluding hydrogens is 390 g/mol. The van der Waals surface area contributed by atoms with Gasteiger partial charge in [-0.3, -0.25) is 4.79 Å². The van der Waals surface area contributed by atoms with Gasteiger partial charge < -0.3 is 14.1 Å². The van der Waals surface area contributed by atoms with Gasteiger partial charge in [0.25, 0.3) is 0 Å². The first kappa shape index (κ1) is 21.2. The second-order valence-electron chi connectivity index (χ2n) is 8.56. The van der Waals surface area contributed by atoms with Gasteiger partial charge in [0, 0.05) is 22.7 Å². The minimum Gasteiger partial charge on any atom is -0.465 e. The lowest BCUT2D eigenvalue weighted by atomic mass is 9.87. The molecule has 0 atom stereocenters. The van der Waals surface area contributed by atoms with Crippen molar-refractivity contribution in [3.63, 3.8) is 0 Å². The number of esters is 1. The quantitative estimate of drug-likeness (QED) is 0.453. The van der Waals surface area contributed by atoms with E-state index < -0.39 is 5.97 Å². The van der Waals surface area contributed by atoms with Gasteiger partial charge in [-0.1, -0.05) is 38.0 Å². The van der Waals surface area contributed by atoms with Crippen LogP contribution in [0.1, 0.15) is 61.9 Å². The molecule has 3 aromatic rings. The lowest BCUT2D eigenvalue weighted by Gasteiger charge is -2.33. The summed E-state index contributed by atoms with van der Waals surface area (Å²) in [5.74, 6) is -0.407. The first-order valence-corrected chi connectivity index (χ1v) is 11.0. The number of anilines is 1. The number of fused-ring (bicyclic) bond motifs is 3. The molecule has 1 aliphatic rings. The number of carbonyl (C=O) groups is 2. The van der Waals surface area contributed by atoms with Crippen LogP contribution in [0, 0.1) is 5.92 Å². The normalized spacial score (nSPS) is 14.8. The molecule has 0 bridgehead atoms. The molecule has 4 rings (SSSR count). The molecule has 5 nitrogen and oxygen atoms in total. The topological polar surface area (TPSA) is 59.8 Å². The maximum Gasteiger partial charge on any atom is 0.340 e. The summed E-state index contributed by atoms with van der Waals surface area (Å²) in [7, 11) is 1.36. The van der Waals surface area contributed by atoms with Crippen LogP contribution in [0.25, 0.3) is 28.0 Å². The van der Waals surface area contributed by atoms with E-state index >= 15 is 0 Å². The Morgan fingerprint density at radius 3 is 2.45 bits per heavy atom. The number of ether oxygens (including phenoxy) is 1. The van der Waals surface area contributed by atoms with E-state index in [9.17, 15) is 9.59 Å². The maximum absolute atomic E-state index is 13.6. The van der Waals surface area contributed by atoms with E-state index in [2.05, 4.69) is 6.58 Å². The second kappa shape index (κ2) is 8.58. The first-order valence-electron chi connectivity index (χ1n) is 11.0. The molecule has 31 heavy (non-hydrogen) atoms. The van der Waals surface area contributed by atoms with Crippen LogP contribution in [-0.4, -0.2) is 25.0 Å². The van der Waals surface area contributed by atoms with Crippen molar-refractivity contribution in [3.05, 3.63) is 48.0 Å². The predicted octanol–water partition coefficient (Wildman–Crippen LogP) is 6.34. The van der Waals surface area contributed by atoms with Crippen molar-refractivity contribution >= 4 is 45.6 Å². The number of benzene rings is 2. The molecule has 2 aromatic carbocycles. The summed E-state index contributed by atoms with van der Waals surface area (Å²) in [5.41, 5.74) is 3.22. The molecule has 1 aliphatic carbocycles. The number of hydrogen-bond donors (Lipinski definition) is 0. The lowest BCUT2D eigenvalue weighted by molar-refractivity contribution is -0.123. The Labute approximate surface area is 182 Å². The van der Waals surface area contributed by atoms with E-state index in [-0.39, 0.29) is 17.9 Å². The van der Waals surface area contributed by atoms with E-state index in [1.807, 2.05) is 38.1 Å². The maximum atomic E-state index is 13.6. The van der Waals surface area contributed by atoms with Crippen molar-refractivity contribution in [1.29, 1.82) is 0 Å². The molecule has 0 aliphatic heterocycles. The smallest absolute Gasteiger partial charge is 0.340 e. The standard InChI is InChI=1S/C26H29NO4/c1-5-17-11-12-23-19(13-17)20-14-22(21(26(29)30-4)15-24(20)31-23)27(16(2)3)25(28)18-9-7-6-8-10-18/h5,11-16,18H,1,6-10H2,2-4H3. The molecular formula is C26H29NO4. The van der Waals surface area contributed by atoms with E-state index in [1.54, 1.807) is 17.0 Å². The van der Waals surface area contributed by atoms with Crippen LogP contribution >= 0.6 is 0 Å². The fraction of sp³-hybridized carbons (Fsp3) is 0.385. The zero-order chi connectivity index (χ0) is 22.1. The van der Waals surface area contributed by atoms with Gasteiger partial charge in [-0.25, -0.2) is 4.79 Å². The molecule has 1 amide bonds. The Hall–Kier alpha value is -3.08. The SMILES string of the molecule is C=Cc1ccc2oc3cc(C(=O)OC)c(N(C(=O)C4CCCCC4)C(C)C)cc3c2c1. The summed E-state index contributed by atoms with van der Waals surface area (Å²) in [6.07, 6.45) is 6.90. The van der Waals surface area contributed by atoms with E-state index in [4.69, 9.17) is 9.15 Å². The summed E-state index contributed by atoms with van der Waals surface area (Å²) in [5, 5.41) is 1.79. The highest BCUT2D eigenvalue weighted by Gasteiger charge is 2.32. The zero-order valence-electron chi connectivity index (χ0n) is 18.4. The van der Waals surface area contributed by atoms with Crippen molar-refractivity contribution < 1.29 is 18.7 Å². The number of furan rings is 1. The van der Waals surface area contributed by atoms with Crippen molar-refractivity contribution in [1.82, 2.24) is 0 Å². The monoisotopic (exact) mass is 419 g/mol. The summed E-state index contributed by atoms with van der Waals surface area (Å²) in [4.78, 5) is 28.1. The van der Waals surface area contributed by atoms with Gasteiger partial charge >= 0.3 is 5.97 Å². The highest BCUT2D eigenvalue weighted by molar-refractivity contribution is 6.12. The van der Waals surface area contributed by atoms with Crippen LogP contribution in [0.2, 0.25) is 0 Å². The number of amides is 1. The average Bonchev–Trinajstić information content (AvgIpc) is 3.15. The van der Waals surface area contributed by atoms with E-state index in [1.165, 1.54) is 13.5 Å². The molecule has 0 unspecified atom stereocenters.